The minimum atomic E-state index is -0.286. The number of hydrogen-bond acceptors (Lipinski definition) is 7. The summed E-state index contributed by atoms with van der Waals surface area (Å²) in [7, 11) is 1.62. The molecule has 2 N–H and O–H groups in total. The molecule has 1 aromatic carbocycles. The second-order valence-corrected chi connectivity index (χ2v) is 8.91. The van der Waals surface area contributed by atoms with Gasteiger partial charge in [-0.15, -0.1) is 0 Å². The van der Waals surface area contributed by atoms with Gasteiger partial charge in [-0.1, -0.05) is 30.3 Å². The van der Waals surface area contributed by atoms with Crippen LogP contribution in [0.15, 0.2) is 67.1 Å². The fourth-order valence-electron chi connectivity index (χ4n) is 4.42. The van der Waals surface area contributed by atoms with Crippen molar-refractivity contribution in [1.82, 2.24) is 25.3 Å². The number of ether oxygens (including phenoxy) is 2. The summed E-state index contributed by atoms with van der Waals surface area (Å²) in [5, 5.41) is 3.04. The van der Waals surface area contributed by atoms with E-state index in [2.05, 4.69) is 36.2 Å². The lowest BCUT2D eigenvalue weighted by Crippen LogP contribution is -2.36. The number of nitrogens with one attached hydrogen (secondary N) is 2. The molecule has 0 unspecified atom stereocenters. The van der Waals surface area contributed by atoms with Crippen LogP contribution in [0.3, 0.4) is 0 Å². The van der Waals surface area contributed by atoms with Crippen LogP contribution in [-0.2, 0) is 9.47 Å². The smallest absolute Gasteiger partial charge is 0.272 e. The zero-order valence-corrected chi connectivity index (χ0v) is 21.0. The molecule has 1 aliphatic heterocycles. The van der Waals surface area contributed by atoms with Crippen molar-refractivity contribution in [2.75, 3.05) is 44.9 Å². The SMILES string of the molecule is COC[C@H](NC(=O)c1nc(-c2cc(-c3cncc(N4CCOCC4)c3)ccn2)[nH]c1C)c1ccccc1. The van der Waals surface area contributed by atoms with Gasteiger partial charge in [0, 0.05) is 43.9 Å². The summed E-state index contributed by atoms with van der Waals surface area (Å²) in [6.07, 6.45) is 5.46. The minimum absolute atomic E-state index is 0.274. The Labute approximate surface area is 215 Å². The Morgan fingerprint density at radius 1 is 1.14 bits per heavy atom. The molecule has 4 aromatic rings. The monoisotopic (exact) mass is 498 g/mol. The van der Waals surface area contributed by atoms with Crippen molar-refractivity contribution in [3.8, 4) is 22.6 Å². The third kappa shape index (κ3) is 5.68. The van der Waals surface area contributed by atoms with Gasteiger partial charge in [-0.3, -0.25) is 14.8 Å². The Morgan fingerprint density at radius 2 is 1.95 bits per heavy atom. The van der Waals surface area contributed by atoms with E-state index < -0.39 is 0 Å². The van der Waals surface area contributed by atoms with E-state index in [9.17, 15) is 4.79 Å². The number of H-pyrrole nitrogens is 1. The van der Waals surface area contributed by atoms with Crippen molar-refractivity contribution in [1.29, 1.82) is 0 Å². The van der Waals surface area contributed by atoms with Gasteiger partial charge in [0.2, 0.25) is 0 Å². The molecule has 190 valence electrons. The summed E-state index contributed by atoms with van der Waals surface area (Å²) in [6, 6.07) is 15.5. The lowest BCUT2D eigenvalue weighted by molar-refractivity contribution is 0.0891. The minimum Gasteiger partial charge on any atom is -0.382 e. The Morgan fingerprint density at radius 3 is 2.73 bits per heavy atom. The van der Waals surface area contributed by atoms with Crippen molar-refractivity contribution >= 4 is 11.6 Å². The summed E-state index contributed by atoms with van der Waals surface area (Å²) >= 11 is 0. The number of anilines is 1. The summed E-state index contributed by atoms with van der Waals surface area (Å²) in [5.74, 6) is 0.259. The van der Waals surface area contributed by atoms with Gasteiger partial charge in [0.25, 0.3) is 5.91 Å². The van der Waals surface area contributed by atoms with Crippen molar-refractivity contribution in [2.45, 2.75) is 13.0 Å². The van der Waals surface area contributed by atoms with Crippen LogP contribution in [0.25, 0.3) is 22.6 Å². The van der Waals surface area contributed by atoms with E-state index in [1.54, 1.807) is 13.3 Å². The predicted molar refractivity (Wildman–Crippen MR) is 141 cm³/mol. The zero-order chi connectivity index (χ0) is 25.6. The summed E-state index contributed by atoms with van der Waals surface area (Å²) in [4.78, 5) is 32.2. The number of carbonyl (C=O) groups excluding carboxylic acids is 1. The second-order valence-electron chi connectivity index (χ2n) is 8.91. The molecule has 1 atom stereocenters. The molecule has 0 aliphatic carbocycles. The molecule has 0 spiro atoms. The van der Waals surface area contributed by atoms with E-state index >= 15 is 0 Å². The molecule has 0 bridgehead atoms. The van der Waals surface area contributed by atoms with Gasteiger partial charge in [-0.25, -0.2) is 4.98 Å². The van der Waals surface area contributed by atoms with Crippen LogP contribution in [0.1, 0.15) is 27.8 Å². The number of nitrogens with zero attached hydrogens (tertiary/aromatic N) is 4. The van der Waals surface area contributed by atoms with Gasteiger partial charge in [0.15, 0.2) is 5.82 Å². The number of aromatic nitrogens is 4. The van der Waals surface area contributed by atoms with E-state index in [4.69, 9.17) is 9.47 Å². The highest BCUT2D eigenvalue weighted by Crippen LogP contribution is 2.27. The lowest BCUT2D eigenvalue weighted by Gasteiger charge is -2.28. The lowest BCUT2D eigenvalue weighted by atomic mass is 10.1. The fourth-order valence-corrected chi connectivity index (χ4v) is 4.42. The Kier molecular flexibility index (Phi) is 7.53. The number of amides is 1. The molecule has 9 nitrogen and oxygen atoms in total. The maximum absolute atomic E-state index is 13.2. The molecule has 1 amide bonds. The second kappa shape index (κ2) is 11.3. The van der Waals surface area contributed by atoms with Crippen LogP contribution in [0.2, 0.25) is 0 Å². The highest BCUT2D eigenvalue weighted by atomic mass is 16.5. The standard InChI is InChI=1S/C28H30N6O3/c1-19-26(28(35)32-25(18-36-2)20-6-4-3-5-7-20)33-27(31-19)24-15-21(8-9-30-24)22-14-23(17-29-16-22)34-10-12-37-13-11-34/h3-9,14-17,25H,10-13,18H2,1-2H3,(H,31,33)(H,32,35)/t25-/m0/s1. The van der Waals surface area contributed by atoms with Gasteiger partial charge in [0.1, 0.15) is 11.4 Å². The maximum Gasteiger partial charge on any atom is 0.272 e. The third-order valence-electron chi connectivity index (χ3n) is 6.38. The first kappa shape index (κ1) is 24.6. The average Bonchev–Trinajstić information content (AvgIpc) is 3.35. The number of carbonyl (C=O) groups is 1. The third-order valence-corrected chi connectivity index (χ3v) is 6.38. The van der Waals surface area contributed by atoms with Crippen LogP contribution in [0, 0.1) is 6.92 Å². The number of hydrogen-bond donors (Lipinski definition) is 2. The summed E-state index contributed by atoms with van der Waals surface area (Å²) in [5.41, 5.74) is 5.63. The number of imidazole rings is 1. The van der Waals surface area contributed by atoms with Gasteiger partial charge in [0.05, 0.1) is 37.7 Å². The van der Waals surface area contributed by atoms with Crippen LogP contribution < -0.4 is 10.2 Å². The van der Waals surface area contributed by atoms with Crippen LogP contribution in [0.5, 0.6) is 0 Å². The number of methoxy groups -OCH3 is 1. The molecule has 37 heavy (non-hydrogen) atoms. The molecule has 9 heteroatoms. The molecular weight excluding hydrogens is 468 g/mol. The molecule has 4 heterocycles. The van der Waals surface area contributed by atoms with E-state index in [-0.39, 0.29) is 11.9 Å². The zero-order valence-electron chi connectivity index (χ0n) is 21.0. The maximum atomic E-state index is 13.2. The molecule has 0 radical (unpaired) electrons. The number of aryl methyl sites for hydroxylation is 1. The molecule has 0 saturated carbocycles. The predicted octanol–water partition coefficient (Wildman–Crippen LogP) is 3.80. The largest absolute Gasteiger partial charge is 0.382 e. The van der Waals surface area contributed by atoms with Crippen molar-refractivity contribution < 1.29 is 14.3 Å². The van der Waals surface area contributed by atoms with E-state index in [1.165, 1.54) is 0 Å². The topological polar surface area (TPSA) is 105 Å². The van der Waals surface area contributed by atoms with Crippen molar-refractivity contribution in [3.05, 3.63) is 84.1 Å². The Bertz CT molecular complexity index is 1350. The van der Waals surface area contributed by atoms with E-state index in [0.29, 0.717) is 29.5 Å². The number of aromatic amines is 1. The Hall–Kier alpha value is -4.08. The normalized spacial score (nSPS) is 14.4. The number of rotatable bonds is 8. The number of morpholine rings is 1. The number of benzene rings is 1. The average molecular weight is 499 g/mol. The Balaban J connectivity index is 1.37. The molecule has 1 aliphatic rings. The molecule has 1 fully saturated rings. The van der Waals surface area contributed by atoms with E-state index in [0.717, 1.165) is 48.7 Å². The fraction of sp³-hybridized carbons (Fsp3) is 0.286. The summed E-state index contributed by atoms with van der Waals surface area (Å²) < 4.78 is 10.8. The van der Waals surface area contributed by atoms with Gasteiger partial charge < -0.3 is 24.7 Å². The first-order valence-electron chi connectivity index (χ1n) is 12.3. The first-order chi connectivity index (χ1) is 18.1. The highest BCUT2D eigenvalue weighted by Gasteiger charge is 2.21. The quantitative estimate of drug-likeness (QED) is 0.381. The van der Waals surface area contributed by atoms with Crippen LogP contribution in [0.4, 0.5) is 5.69 Å². The summed E-state index contributed by atoms with van der Waals surface area (Å²) in [6.45, 7) is 5.31. The molecule has 5 rings (SSSR count). The van der Waals surface area contributed by atoms with Gasteiger partial charge in [-0.2, -0.15) is 0 Å². The van der Waals surface area contributed by atoms with Gasteiger partial charge in [-0.05, 0) is 36.2 Å². The van der Waals surface area contributed by atoms with E-state index in [1.807, 2.05) is 61.8 Å². The van der Waals surface area contributed by atoms with Gasteiger partial charge >= 0.3 is 0 Å². The van der Waals surface area contributed by atoms with Crippen molar-refractivity contribution in [3.63, 3.8) is 0 Å². The molecular formula is C28H30N6O3. The van der Waals surface area contributed by atoms with Crippen molar-refractivity contribution in [2.24, 2.45) is 0 Å². The molecule has 3 aromatic heterocycles. The van der Waals surface area contributed by atoms with Crippen LogP contribution >= 0.6 is 0 Å². The first-order valence-corrected chi connectivity index (χ1v) is 12.3. The molecule has 1 saturated heterocycles. The highest BCUT2D eigenvalue weighted by molar-refractivity contribution is 5.94. The van der Waals surface area contributed by atoms with Crippen LogP contribution in [-0.4, -0.2) is 65.9 Å². The number of pyridine rings is 2.